The fraction of sp³-hybridized carbons (Fsp3) is 0.625. The summed E-state index contributed by atoms with van der Waals surface area (Å²) in [4.78, 5) is 5.24. The zero-order chi connectivity index (χ0) is 22.2. The first-order valence-electron chi connectivity index (χ1n) is 11.0. The number of unbranched alkanes of at least 4 members (excludes halogenated alkanes) is 3. The molecule has 0 bridgehead atoms. The van der Waals surface area contributed by atoms with Gasteiger partial charge in [0.15, 0.2) is 0 Å². The molecule has 0 aliphatic rings. The Kier molecular flexibility index (Phi) is 14.5. The first-order chi connectivity index (χ1) is 14.5. The van der Waals surface area contributed by atoms with Crippen molar-refractivity contribution in [2.45, 2.75) is 79.1 Å². The number of halogens is 2. The van der Waals surface area contributed by atoms with E-state index in [1.165, 1.54) is 11.1 Å². The van der Waals surface area contributed by atoms with Gasteiger partial charge < -0.3 is 14.3 Å². The highest BCUT2D eigenvalue weighted by molar-refractivity contribution is 6.55. The van der Waals surface area contributed by atoms with Crippen LogP contribution in [0.5, 0.6) is 11.5 Å². The molecule has 0 radical (unpaired) electrons. The van der Waals surface area contributed by atoms with Crippen molar-refractivity contribution in [2.24, 2.45) is 5.16 Å². The quantitative estimate of drug-likeness (QED) is 0.145. The van der Waals surface area contributed by atoms with Crippen LogP contribution in [0, 0.1) is 0 Å². The van der Waals surface area contributed by atoms with Crippen LogP contribution in [0.3, 0.4) is 0 Å². The monoisotopic (exact) mass is 457 g/mol. The van der Waals surface area contributed by atoms with Gasteiger partial charge in [-0.2, -0.15) is 0 Å². The van der Waals surface area contributed by atoms with Gasteiger partial charge in [0, 0.05) is 0 Å². The smallest absolute Gasteiger partial charge is 0.125 e. The molecule has 170 valence electrons. The third kappa shape index (κ3) is 11.7. The van der Waals surface area contributed by atoms with E-state index in [-0.39, 0.29) is 4.49 Å². The van der Waals surface area contributed by atoms with Crippen molar-refractivity contribution in [3.8, 4) is 11.5 Å². The molecule has 0 aliphatic heterocycles. The number of rotatable bonds is 16. The lowest BCUT2D eigenvalue weighted by molar-refractivity contribution is 0.139. The number of hydrogen-bond donors (Lipinski definition) is 0. The molecule has 0 amide bonds. The normalized spacial score (nSPS) is 10.5. The summed E-state index contributed by atoms with van der Waals surface area (Å²) in [7, 11) is 0. The zero-order valence-corrected chi connectivity index (χ0v) is 20.4. The molecular weight excluding hydrogens is 421 g/mol. The second-order valence-electron chi connectivity index (χ2n) is 7.51. The molecule has 0 aliphatic carbocycles. The molecule has 0 N–H and O–H groups in total. The van der Waals surface area contributed by atoms with E-state index in [0.717, 1.165) is 75.2 Å². The third-order valence-corrected chi connectivity index (χ3v) is 4.67. The molecule has 0 aromatic heterocycles. The van der Waals surface area contributed by atoms with Gasteiger partial charge in [0.2, 0.25) is 0 Å². The van der Waals surface area contributed by atoms with Crippen LogP contribution in [0.1, 0.15) is 77.3 Å². The molecule has 0 atom stereocenters. The maximum absolute atomic E-state index is 6.27. The lowest BCUT2D eigenvalue weighted by Gasteiger charge is -2.18. The summed E-state index contributed by atoms with van der Waals surface area (Å²) in [5.74, 6) is 1.87. The van der Waals surface area contributed by atoms with Gasteiger partial charge in [0.05, 0.1) is 12.3 Å². The van der Waals surface area contributed by atoms with Crippen LogP contribution in [0.25, 0.3) is 0 Å². The molecular formula is C24H37Cl2NO3. The van der Waals surface area contributed by atoms with Crippen LogP contribution in [0.4, 0.5) is 0 Å². The molecule has 0 spiro atoms. The van der Waals surface area contributed by atoms with E-state index >= 15 is 0 Å². The third-order valence-electron chi connectivity index (χ3n) is 4.37. The molecule has 6 heteroatoms. The van der Waals surface area contributed by atoms with Crippen LogP contribution in [-0.2, 0) is 17.7 Å². The Balaban J connectivity index is 2.63. The Hall–Kier alpha value is -1.39. The van der Waals surface area contributed by atoms with Crippen molar-refractivity contribution in [3.05, 3.63) is 33.8 Å². The second kappa shape index (κ2) is 16.3. The van der Waals surface area contributed by atoms with Gasteiger partial charge in [-0.05, 0) is 81.7 Å². The molecule has 0 saturated carbocycles. The number of benzene rings is 1. The molecule has 0 saturated heterocycles. The molecule has 0 fully saturated rings. The van der Waals surface area contributed by atoms with E-state index in [1.54, 1.807) is 6.08 Å². The standard InChI is InChI=1S/C24H37Cl2NO3/c1-5-11-20-17-22(28-16-13-23(25)26)18-21(12-6-2)24(20)29-14-9-7-8-10-15-30-27-19(3)4/h13,17-18H,5-12,14-16H2,1-4H3. The lowest BCUT2D eigenvalue weighted by Crippen LogP contribution is -2.06. The first kappa shape index (κ1) is 26.6. The van der Waals surface area contributed by atoms with Gasteiger partial charge in [-0.1, -0.05) is 55.0 Å². The van der Waals surface area contributed by atoms with Gasteiger partial charge in [-0.15, -0.1) is 0 Å². The van der Waals surface area contributed by atoms with E-state index < -0.39 is 0 Å². The topological polar surface area (TPSA) is 40.0 Å². The first-order valence-corrected chi connectivity index (χ1v) is 11.8. The summed E-state index contributed by atoms with van der Waals surface area (Å²) in [6, 6.07) is 4.17. The van der Waals surface area contributed by atoms with Crippen LogP contribution in [0.15, 0.2) is 27.9 Å². The van der Waals surface area contributed by atoms with E-state index in [9.17, 15) is 0 Å². The Labute approximate surface area is 192 Å². The van der Waals surface area contributed by atoms with Gasteiger partial charge >= 0.3 is 0 Å². The van der Waals surface area contributed by atoms with Gasteiger partial charge in [0.25, 0.3) is 0 Å². The molecule has 1 rings (SSSR count). The summed E-state index contributed by atoms with van der Waals surface area (Å²) >= 11 is 11.4. The minimum atomic E-state index is 0.220. The van der Waals surface area contributed by atoms with Crippen molar-refractivity contribution in [1.29, 1.82) is 0 Å². The molecule has 0 heterocycles. The number of aryl methyl sites for hydroxylation is 2. The van der Waals surface area contributed by atoms with Gasteiger partial charge in [-0.25, -0.2) is 0 Å². The Morgan fingerprint density at radius 2 is 1.50 bits per heavy atom. The van der Waals surface area contributed by atoms with Crippen molar-refractivity contribution >= 4 is 28.9 Å². The van der Waals surface area contributed by atoms with Crippen LogP contribution < -0.4 is 9.47 Å². The van der Waals surface area contributed by atoms with Crippen molar-refractivity contribution in [1.82, 2.24) is 0 Å². The molecule has 1 aromatic carbocycles. The highest BCUT2D eigenvalue weighted by Gasteiger charge is 2.13. The summed E-state index contributed by atoms with van der Waals surface area (Å²) in [5, 5.41) is 3.95. The molecule has 0 unspecified atom stereocenters. The summed E-state index contributed by atoms with van der Waals surface area (Å²) in [6.45, 7) is 9.99. The fourth-order valence-electron chi connectivity index (χ4n) is 3.07. The Bertz CT molecular complexity index is 639. The SMILES string of the molecule is CCCc1cc(OCC=C(Cl)Cl)cc(CCC)c1OCCCCCCON=C(C)C. The second-order valence-corrected chi connectivity index (χ2v) is 8.52. The Morgan fingerprint density at radius 3 is 2.03 bits per heavy atom. The minimum Gasteiger partial charge on any atom is -0.493 e. The van der Waals surface area contributed by atoms with Crippen molar-refractivity contribution in [3.63, 3.8) is 0 Å². The van der Waals surface area contributed by atoms with Gasteiger partial charge in [-0.3, -0.25) is 0 Å². The number of oxime groups is 1. The zero-order valence-electron chi connectivity index (χ0n) is 18.9. The van der Waals surface area contributed by atoms with Crippen LogP contribution >= 0.6 is 23.2 Å². The molecule has 4 nitrogen and oxygen atoms in total. The number of hydrogen-bond acceptors (Lipinski definition) is 4. The lowest BCUT2D eigenvalue weighted by atomic mass is 10.0. The van der Waals surface area contributed by atoms with E-state index in [1.807, 2.05) is 13.8 Å². The van der Waals surface area contributed by atoms with Crippen molar-refractivity contribution < 1.29 is 14.3 Å². The summed E-state index contributed by atoms with van der Waals surface area (Å²) in [6.07, 6.45) is 9.97. The maximum atomic E-state index is 6.27. The maximum Gasteiger partial charge on any atom is 0.125 e. The van der Waals surface area contributed by atoms with Crippen LogP contribution in [0.2, 0.25) is 0 Å². The predicted molar refractivity (Wildman–Crippen MR) is 128 cm³/mol. The fourth-order valence-corrected chi connectivity index (χ4v) is 3.20. The summed E-state index contributed by atoms with van der Waals surface area (Å²) in [5.41, 5.74) is 3.37. The molecule has 30 heavy (non-hydrogen) atoms. The highest BCUT2D eigenvalue weighted by atomic mass is 35.5. The number of nitrogens with zero attached hydrogens (tertiary/aromatic N) is 1. The highest BCUT2D eigenvalue weighted by Crippen LogP contribution is 2.32. The van der Waals surface area contributed by atoms with E-state index in [4.69, 9.17) is 37.5 Å². The van der Waals surface area contributed by atoms with E-state index in [0.29, 0.717) is 13.2 Å². The van der Waals surface area contributed by atoms with E-state index in [2.05, 4.69) is 31.1 Å². The summed E-state index contributed by atoms with van der Waals surface area (Å²) < 4.78 is 12.3. The number of ether oxygens (including phenoxy) is 2. The van der Waals surface area contributed by atoms with Gasteiger partial charge in [0.1, 0.15) is 29.2 Å². The average Bonchev–Trinajstić information content (AvgIpc) is 2.68. The predicted octanol–water partition coefficient (Wildman–Crippen LogP) is 7.64. The van der Waals surface area contributed by atoms with Crippen molar-refractivity contribution in [2.75, 3.05) is 19.8 Å². The Morgan fingerprint density at radius 1 is 0.900 bits per heavy atom. The largest absolute Gasteiger partial charge is 0.493 e. The van der Waals surface area contributed by atoms with Crippen LogP contribution in [-0.4, -0.2) is 25.5 Å². The minimum absolute atomic E-state index is 0.220. The molecule has 1 aromatic rings. The average molecular weight is 458 g/mol.